The SMILES string of the molecule is CC(=O)CCCCCCCOc1ccccc1C(C)=O. The highest BCUT2D eigenvalue weighted by Crippen LogP contribution is 2.18. The van der Waals surface area contributed by atoms with Crippen LogP contribution in [0.25, 0.3) is 0 Å². The second-order valence-electron chi connectivity index (χ2n) is 5.12. The predicted octanol–water partition coefficient (Wildman–Crippen LogP) is 4.20. The Morgan fingerprint density at radius 1 is 0.950 bits per heavy atom. The summed E-state index contributed by atoms with van der Waals surface area (Å²) in [4.78, 5) is 22.2. The van der Waals surface area contributed by atoms with E-state index >= 15 is 0 Å². The standard InChI is InChI=1S/C17H24O3/c1-14(18)10-6-4-3-5-9-13-20-17-12-8-7-11-16(17)15(2)19/h7-8,11-12H,3-6,9-10,13H2,1-2H3. The molecule has 0 unspecified atom stereocenters. The van der Waals surface area contributed by atoms with E-state index in [4.69, 9.17) is 4.74 Å². The zero-order valence-corrected chi connectivity index (χ0v) is 12.5. The molecule has 0 aromatic heterocycles. The van der Waals surface area contributed by atoms with Gasteiger partial charge in [-0.25, -0.2) is 0 Å². The molecule has 0 heterocycles. The topological polar surface area (TPSA) is 43.4 Å². The molecule has 0 saturated heterocycles. The van der Waals surface area contributed by atoms with Gasteiger partial charge < -0.3 is 9.53 Å². The first-order valence-corrected chi connectivity index (χ1v) is 7.33. The monoisotopic (exact) mass is 276 g/mol. The number of hydrogen-bond acceptors (Lipinski definition) is 3. The van der Waals surface area contributed by atoms with Gasteiger partial charge in [0.25, 0.3) is 0 Å². The number of Topliss-reactive ketones (excluding diaryl/α,β-unsaturated/α-hetero) is 2. The summed E-state index contributed by atoms with van der Waals surface area (Å²) in [6.07, 6.45) is 5.99. The van der Waals surface area contributed by atoms with Gasteiger partial charge >= 0.3 is 0 Å². The van der Waals surface area contributed by atoms with Crippen LogP contribution in [-0.4, -0.2) is 18.2 Å². The zero-order chi connectivity index (χ0) is 14.8. The molecule has 1 rings (SSSR count). The molecule has 0 spiro atoms. The fraction of sp³-hybridized carbons (Fsp3) is 0.529. The highest BCUT2D eigenvalue weighted by molar-refractivity contribution is 5.96. The van der Waals surface area contributed by atoms with Gasteiger partial charge in [-0.3, -0.25) is 4.79 Å². The first-order valence-electron chi connectivity index (χ1n) is 7.33. The van der Waals surface area contributed by atoms with Crippen molar-refractivity contribution in [3.8, 4) is 5.75 Å². The minimum absolute atomic E-state index is 0.0323. The maximum atomic E-state index is 11.4. The minimum Gasteiger partial charge on any atom is -0.493 e. The van der Waals surface area contributed by atoms with Crippen LogP contribution in [0.2, 0.25) is 0 Å². The smallest absolute Gasteiger partial charge is 0.163 e. The van der Waals surface area contributed by atoms with Crippen molar-refractivity contribution in [3.63, 3.8) is 0 Å². The van der Waals surface area contributed by atoms with Crippen molar-refractivity contribution in [2.45, 2.75) is 52.4 Å². The average molecular weight is 276 g/mol. The van der Waals surface area contributed by atoms with Gasteiger partial charge in [0.15, 0.2) is 5.78 Å². The normalized spacial score (nSPS) is 10.3. The third-order valence-corrected chi connectivity index (χ3v) is 3.20. The number of ether oxygens (including phenoxy) is 1. The molecule has 0 aliphatic heterocycles. The summed E-state index contributed by atoms with van der Waals surface area (Å²) in [5, 5.41) is 0. The molecule has 0 saturated carbocycles. The van der Waals surface area contributed by atoms with E-state index < -0.39 is 0 Å². The van der Waals surface area contributed by atoms with E-state index in [0.717, 1.165) is 32.1 Å². The van der Waals surface area contributed by atoms with Crippen LogP contribution in [0.5, 0.6) is 5.75 Å². The first-order chi connectivity index (χ1) is 9.61. The van der Waals surface area contributed by atoms with Crippen molar-refractivity contribution in [3.05, 3.63) is 29.8 Å². The molecular weight excluding hydrogens is 252 g/mol. The predicted molar refractivity (Wildman–Crippen MR) is 80.3 cm³/mol. The Balaban J connectivity index is 2.15. The Labute approximate surface area is 121 Å². The fourth-order valence-corrected chi connectivity index (χ4v) is 2.07. The molecule has 110 valence electrons. The third-order valence-electron chi connectivity index (χ3n) is 3.20. The highest BCUT2D eigenvalue weighted by Gasteiger charge is 2.06. The Morgan fingerprint density at radius 2 is 1.60 bits per heavy atom. The number of benzene rings is 1. The van der Waals surface area contributed by atoms with Gasteiger partial charge in [-0.15, -0.1) is 0 Å². The van der Waals surface area contributed by atoms with Crippen molar-refractivity contribution in [2.75, 3.05) is 6.61 Å². The highest BCUT2D eigenvalue weighted by atomic mass is 16.5. The van der Waals surface area contributed by atoms with E-state index in [-0.39, 0.29) is 11.6 Å². The van der Waals surface area contributed by atoms with E-state index in [2.05, 4.69) is 0 Å². The molecular formula is C17H24O3. The van der Waals surface area contributed by atoms with Crippen molar-refractivity contribution < 1.29 is 14.3 Å². The van der Waals surface area contributed by atoms with Gasteiger partial charge in [-0.05, 0) is 38.8 Å². The van der Waals surface area contributed by atoms with Gasteiger partial charge in [-0.2, -0.15) is 0 Å². The molecule has 1 aromatic carbocycles. The summed E-state index contributed by atoms with van der Waals surface area (Å²) in [6.45, 7) is 3.83. The van der Waals surface area contributed by atoms with Gasteiger partial charge in [-0.1, -0.05) is 31.4 Å². The lowest BCUT2D eigenvalue weighted by molar-refractivity contribution is -0.117. The first kappa shape index (κ1) is 16.4. The number of ketones is 2. The van der Waals surface area contributed by atoms with E-state index in [9.17, 15) is 9.59 Å². The molecule has 0 amide bonds. The van der Waals surface area contributed by atoms with E-state index in [1.807, 2.05) is 18.2 Å². The van der Waals surface area contributed by atoms with E-state index in [1.54, 1.807) is 19.9 Å². The third kappa shape index (κ3) is 6.50. The molecule has 3 nitrogen and oxygen atoms in total. The lowest BCUT2D eigenvalue weighted by Crippen LogP contribution is -2.02. The number of para-hydroxylation sites is 1. The lowest BCUT2D eigenvalue weighted by Gasteiger charge is -2.09. The van der Waals surface area contributed by atoms with Crippen molar-refractivity contribution >= 4 is 11.6 Å². The van der Waals surface area contributed by atoms with Crippen LogP contribution in [0.3, 0.4) is 0 Å². The average Bonchev–Trinajstić information content (AvgIpc) is 2.41. The molecule has 0 aliphatic rings. The maximum Gasteiger partial charge on any atom is 0.163 e. The van der Waals surface area contributed by atoms with Crippen LogP contribution in [-0.2, 0) is 4.79 Å². The van der Waals surface area contributed by atoms with Crippen molar-refractivity contribution in [1.29, 1.82) is 0 Å². The summed E-state index contributed by atoms with van der Waals surface area (Å²) >= 11 is 0. The molecule has 0 bridgehead atoms. The number of carbonyl (C=O) groups excluding carboxylic acids is 2. The summed E-state index contributed by atoms with van der Waals surface area (Å²) < 4.78 is 5.67. The lowest BCUT2D eigenvalue weighted by atomic mass is 10.1. The van der Waals surface area contributed by atoms with Crippen LogP contribution in [0, 0.1) is 0 Å². The minimum atomic E-state index is 0.0323. The molecule has 0 N–H and O–H groups in total. The molecule has 1 aromatic rings. The van der Waals surface area contributed by atoms with Gasteiger partial charge in [0.1, 0.15) is 11.5 Å². The molecule has 0 atom stereocenters. The maximum absolute atomic E-state index is 11.4. The van der Waals surface area contributed by atoms with Crippen LogP contribution < -0.4 is 4.74 Å². The Hall–Kier alpha value is -1.64. The number of unbranched alkanes of at least 4 members (excludes halogenated alkanes) is 4. The zero-order valence-electron chi connectivity index (χ0n) is 12.5. The molecule has 20 heavy (non-hydrogen) atoms. The van der Waals surface area contributed by atoms with Crippen LogP contribution >= 0.6 is 0 Å². The summed E-state index contributed by atoms with van der Waals surface area (Å²) in [5.41, 5.74) is 0.647. The van der Waals surface area contributed by atoms with E-state index in [1.165, 1.54) is 0 Å². The Morgan fingerprint density at radius 3 is 2.30 bits per heavy atom. The quantitative estimate of drug-likeness (QED) is 0.475. The largest absolute Gasteiger partial charge is 0.493 e. The van der Waals surface area contributed by atoms with Crippen LogP contribution in [0.4, 0.5) is 0 Å². The fourth-order valence-electron chi connectivity index (χ4n) is 2.07. The summed E-state index contributed by atoms with van der Waals surface area (Å²) in [5.74, 6) is 0.982. The van der Waals surface area contributed by atoms with Crippen molar-refractivity contribution in [1.82, 2.24) is 0 Å². The Kier molecular flexibility index (Phi) is 7.63. The van der Waals surface area contributed by atoms with Gasteiger partial charge in [0.2, 0.25) is 0 Å². The molecule has 0 aliphatic carbocycles. The number of carbonyl (C=O) groups is 2. The van der Waals surface area contributed by atoms with Gasteiger partial charge in [0.05, 0.1) is 12.2 Å². The van der Waals surface area contributed by atoms with E-state index in [0.29, 0.717) is 24.3 Å². The summed E-state index contributed by atoms with van der Waals surface area (Å²) in [7, 11) is 0. The van der Waals surface area contributed by atoms with Crippen LogP contribution in [0.1, 0.15) is 62.7 Å². The molecule has 0 radical (unpaired) electrons. The van der Waals surface area contributed by atoms with Gasteiger partial charge in [0, 0.05) is 6.42 Å². The molecule has 0 fully saturated rings. The second kappa shape index (κ2) is 9.29. The molecule has 3 heteroatoms. The summed E-state index contributed by atoms with van der Waals surface area (Å²) in [6, 6.07) is 7.35. The second-order valence-corrected chi connectivity index (χ2v) is 5.12. The van der Waals surface area contributed by atoms with Crippen LogP contribution in [0.15, 0.2) is 24.3 Å². The number of hydrogen-bond donors (Lipinski definition) is 0. The van der Waals surface area contributed by atoms with Crippen molar-refractivity contribution in [2.24, 2.45) is 0 Å². The number of rotatable bonds is 10. The Bertz CT molecular complexity index is 438.